The topological polar surface area (TPSA) is 111 Å². The first-order valence-electron chi connectivity index (χ1n) is 11.2. The van der Waals surface area contributed by atoms with Crippen LogP contribution in [0.3, 0.4) is 0 Å². The number of rotatable bonds is 3. The van der Waals surface area contributed by atoms with Crippen LogP contribution in [0.5, 0.6) is 0 Å². The maximum absolute atomic E-state index is 13.6. The zero-order valence-electron chi connectivity index (χ0n) is 19.7. The number of amides is 1. The second-order valence-electron chi connectivity index (χ2n) is 8.85. The minimum absolute atomic E-state index is 0.0587. The van der Waals surface area contributed by atoms with Crippen LogP contribution in [0.4, 0.5) is 19.1 Å². The van der Waals surface area contributed by atoms with Gasteiger partial charge < -0.3 is 9.47 Å². The second-order valence-corrected chi connectivity index (χ2v) is 9.71. The molecule has 9 nitrogen and oxygen atoms in total. The molecule has 13 heteroatoms. The zero-order valence-corrected chi connectivity index (χ0v) is 21.3. The lowest BCUT2D eigenvalue weighted by atomic mass is 9.98. The van der Waals surface area contributed by atoms with E-state index in [1.807, 2.05) is 17.7 Å². The summed E-state index contributed by atoms with van der Waals surface area (Å²) in [6.07, 6.45) is -2.78. The molecule has 3 heterocycles. The quantitative estimate of drug-likeness (QED) is 0.284. The van der Waals surface area contributed by atoms with E-state index in [-0.39, 0.29) is 34.5 Å². The number of hydrazine groups is 1. The third-order valence-electron chi connectivity index (χ3n) is 6.49. The van der Waals surface area contributed by atoms with Gasteiger partial charge in [0.25, 0.3) is 11.5 Å². The number of nitrogens with zero attached hydrogens (tertiary/aromatic N) is 5. The number of halogens is 4. The van der Waals surface area contributed by atoms with Gasteiger partial charge in [0.15, 0.2) is 0 Å². The number of hydrogen-bond acceptors (Lipinski definition) is 6. The van der Waals surface area contributed by atoms with Gasteiger partial charge in [0.2, 0.25) is 5.95 Å². The number of carbonyl (C=O) groups is 1. The Morgan fingerprint density at radius 1 is 1.22 bits per heavy atom. The molecule has 1 unspecified atom stereocenters. The molecule has 0 bridgehead atoms. The summed E-state index contributed by atoms with van der Waals surface area (Å²) in [6.45, 7) is 1.68. The fourth-order valence-corrected chi connectivity index (χ4v) is 5.04. The number of aromatic nitrogens is 4. The molecule has 0 saturated carbocycles. The highest BCUT2D eigenvalue weighted by Gasteiger charge is 2.36. The normalized spacial score (nSPS) is 15.6. The number of carbonyl (C=O) groups excluding carboxylic acids is 1. The first-order valence-corrected chi connectivity index (χ1v) is 12.0. The van der Waals surface area contributed by atoms with Crippen LogP contribution < -0.4 is 16.8 Å². The predicted octanol–water partition coefficient (Wildman–Crippen LogP) is 3.77. The van der Waals surface area contributed by atoms with Crippen LogP contribution in [-0.4, -0.2) is 36.0 Å². The van der Waals surface area contributed by atoms with Crippen molar-refractivity contribution in [3.05, 3.63) is 79.9 Å². The summed E-state index contributed by atoms with van der Waals surface area (Å²) < 4.78 is 43.2. The van der Waals surface area contributed by atoms with E-state index in [0.29, 0.717) is 22.5 Å². The van der Waals surface area contributed by atoms with Crippen molar-refractivity contribution < 1.29 is 18.0 Å². The molecular weight excluding hydrogens is 555 g/mol. The summed E-state index contributed by atoms with van der Waals surface area (Å²) >= 11 is 2.89. The molecule has 0 aliphatic carbocycles. The molecule has 192 valence electrons. The highest BCUT2D eigenvalue weighted by atomic mass is 79.9. The van der Waals surface area contributed by atoms with Crippen molar-refractivity contribution in [1.82, 2.24) is 24.0 Å². The van der Waals surface area contributed by atoms with Crippen molar-refractivity contribution >= 4 is 38.8 Å². The molecule has 0 saturated heterocycles. The Hall–Kier alpha value is -3.71. The Kier molecular flexibility index (Phi) is 6.07. The van der Waals surface area contributed by atoms with Crippen LogP contribution in [0.1, 0.15) is 34.1 Å². The molecule has 2 aromatic carbocycles. The fraction of sp³-hybridized carbons (Fsp3) is 0.250. The van der Waals surface area contributed by atoms with E-state index >= 15 is 0 Å². The van der Waals surface area contributed by atoms with Crippen molar-refractivity contribution in [2.75, 3.05) is 5.43 Å². The van der Waals surface area contributed by atoms with Crippen LogP contribution >= 0.6 is 15.9 Å². The predicted molar refractivity (Wildman–Crippen MR) is 134 cm³/mol. The number of anilines is 1. The highest BCUT2D eigenvalue weighted by Crippen LogP contribution is 2.36. The van der Waals surface area contributed by atoms with Gasteiger partial charge in [-0.3, -0.25) is 15.0 Å². The zero-order chi connectivity index (χ0) is 26.6. The van der Waals surface area contributed by atoms with Gasteiger partial charge in [-0.25, -0.2) is 20.4 Å². The SMILES string of the molecule is CC1Cc2c(nc(NN)n(-c3ccc4c(c3)ncn4C)c2=O)CN1C(=O)c1ccc(Br)c(C(F)(F)F)c1. The molecule has 0 spiro atoms. The van der Waals surface area contributed by atoms with Crippen LogP contribution in [0.25, 0.3) is 16.7 Å². The van der Waals surface area contributed by atoms with Gasteiger partial charge in [0.05, 0.1) is 40.9 Å². The minimum atomic E-state index is -4.62. The third-order valence-corrected chi connectivity index (χ3v) is 7.18. The second kappa shape index (κ2) is 8.99. The van der Waals surface area contributed by atoms with Crippen LogP contribution in [-0.2, 0) is 26.2 Å². The maximum atomic E-state index is 13.6. The Morgan fingerprint density at radius 3 is 2.68 bits per heavy atom. The Bertz CT molecular complexity index is 1610. The monoisotopic (exact) mass is 575 g/mol. The Balaban J connectivity index is 1.54. The van der Waals surface area contributed by atoms with E-state index in [1.165, 1.54) is 21.6 Å². The van der Waals surface area contributed by atoms with Gasteiger partial charge in [-0.15, -0.1) is 0 Å². The molecule has 37 heavy (non-hydrogen) atoms. The van der Waals surface area contributed by atoms with Crippen LogP contribution in [0, 0.1) is 0 Å². The molecule has 2 aromatic heterocycles. The lowest BCUT2D eigenvalue weighted by Gasteiger charge is -2.34. The summed E-state index contributed by atoms with van der Waals surface area (Å²) in [5, 5.41) is 0. The number of nitrogen functional groups attached to an aromatic ring is 1. The van der Waals surface area contributed by atoms with E-state index in [0.717, 1.165) is 11.6 Å². The molecule has 1 atom stereocenters. The standard InChI is InChI=1S/C24H21BrF3N7O2/c1-12-7-15-19(10-34(12)21(36)13-3-5-17(25)16(8-13)24(26,27)28)31-23(32-29)35(22(15)37)14-4-6-20-18(9-14)30-11-33(20)2/h3-6,8-9,11-12H,7,10,29H2,1-2H3,(H,31,32). The largest absolute Gasteiger partial charge is 0.417 e. The number of benzene rings is 2. The minimum Gasteiger partial charge on any atom is -0.334 e. The molecule has 0 fully saturated rings. The van der Waals surface area contributed by atoms with Crippen LogP contribution in [0.15, 0.2) is 52.0 Å². The fourth-order valence-electron chi connectivity index (χ4n) is 4.57. The number of nitrogens with two attached hydrogens (primary N) is 1. The number of alkyl halides is 3. The molecule has 3 N–H and O–H groups in total. The summed E-state index contributed by atoms with van der Waals surface area (Å²) in [6, 6.07) is 8.23. The highest BCUT2D eigenvalue weighted by molar-refractivity contribution is 9.10. The van der Waals surface area contributed by atoms with E-state index < -0.39 is 23.7 Å². The van der Waals surface area contributed by atoms with E-state index in [9.17, 15) is 22.8 Å². The van der Waals surface area contributed by atoms with Gasteiger partial charge in [0, 0.05) is 28.7 Å². The average Bonchev–Trinajstić information content (AvgIpc) is 3.23. The molecule has 1 amide bonds. The molecule has 4 aromatic rings. The van der Waals surface area contributed by atoms with Crippen LogP contribution in [0.2, 0.25) is 0 Å². The van der Waals surface area contributed by atoms with Gasteiger partial charge in [0.1, 0.15) is 0 Å². The smallest absolute Gasteiger partial charge is 0.334 e. The van der Waals surface area contributed by atoms with E-state index in [2.05, 4.69) is 31.3 Å². The summed E-state index contributed by atoms with van der Waals surface area (Å²) in [7, 11) is 1.86. The number of fused-ring (bicyclic) bond motifs is 2. The number of hydrogen-bond donors (Lipinski definition) is 2. The van der Waals surface area contributed by atoms with Crippen molar-refractivity contribution in [3.63, 3.8) is 0 Å². The molecule has 5 rings (SSSR count). The Labute approximate surface area is 216 Å². The molecular formula is C24H21BrF3N7O2. The lowest BCUT2D eigenvalue weighted by molar-refractivity contribution is -0.138. The number of aryl methyl sites for hydroxylation is 1. The van der Waals surface area contributed by atoms with Gasteiger partial charge >= 0.3 is 6.18 Å². The van der Waals surface area contributed by atoms with Gasteiger partial charge in [-0.1, -0.05) is 15.9 Å². The average molecular weight is 576 g/mol. The first-order chi connectivity index (χ1) is 17.5. The molecule has 1 aliphatic heterocycles. The summed E-state index contributed by atoms with van der Waals surface area (Å²) in [5.41, 5.74) is 3.86. The Morgan fingerprint density at radius 2 is 1.97 bits per heavy atom. The molecule has 1 aliphatic rings. The van der Waals surface area contributed by atoms with Crippen molar-refractivity contribution in [3.8, 4) is 5.69 Å². The van der Waals surface area contributed by atoms with Gasteiger partial charge in [-0.2, -0.15) is 13.2 Å². The first kappa shape index (κ1) is 25.0. The lowest BCUT2D eigenvalue weighted by Crippen LogP contribution is -2.46. The summed E-state index contributed by atoms with van der Waals surface area (Å²) in [5.74, 6) is 5.17. The van der Waals surface area contributed by atoms with Gasteiger partial charge in [-0.05, 0) is 49.7 Å². The van der Waals surface area contributed by atoms with Crippen molar-refractivity contribution in [2.24, 2.45) is 12.9 Å². The van der Waals surface area contributed by atoms with E-state index in [1.54, 1.807) is 25.4 Å². The maximum Gasteiger partial charge on any atom is 0.417 e. The van der Waals surface area contributed by atoms with E-state index in [4.69, 9.17) is 5.84 Å². The molecule has 0 radical (unpaired) electrons. The van der Waals surface area contributed by atoms with Crippen molar-refractivity contribution in [1.29, 1.82) is 0 Å². The number of imidazole rings is 1. The third kappa shape index (κ3) is 4.27. The summed E-state index contributed by atoms with van der Waals surface area (Å²) in [4.78, 5) is 37.1. The van der Waals surface area contributed by atoms with Crippen molar-refractivity contribution in [2.45, 2.75) is 32.1 Å². The number of nitrogens with one attached hydrogen (secondary N) is 1.